The zero-order chi connectivity index (χ0) is 27.8. The van der Waals surface area contributed by atoms with Crippen LogP contribution in [0.3, 0.4) is 0 Å². The lowest BCUT2D eigenvalue weighted by Crippen LogP contribution is -2.51. The first kappa shape index (κ1) is 27.2. The van der Waals surface area contributed by atoms with E-state index in [4.69, 9.17) is 9.47 Å². The van der Waals surface area contributed by atoms with Gasteiger partial charge in [0.25, 0.3) is 0 Å². The summed E-state index contributed by atoms with van der Waals surface area (Å²) in [5.41, 5.74) is 5.49. The molecule has 0 radical (unpaired) electrons. The van der Waals surface area contributed by atoms with Crippen molar-refractivity contribution in [1.82, 2.24) is 9.80 Å². The fraction of sp³-hybridized carbons (Fsp3) is 0.514. The number of likely N-dealkylation sites (N-methyl/N-ethyl adjacent to an activating group) is 1. The number of piperidine rings is 2. The Hall–Kier alpha value is -2.66. The highest BCUT2D eigenvalue weighted by molar-refractivity contribution is 5.43. The van der Waals surface area contributed by atoms with Gasteiger partial charge in [0.05, 0.1) is 13.2 Å². The van der Waals surface area contributed by atoms with Crippen LogP contribution in [0, 0.1) is 11.8 Å². The standard InChI is InChI=1S/C37H46N2O2/c1-38-25-26(20-30-21-34-29(22-35(30)38)14-9-15-36(34)40-2)18-19-39-31-16-17-32(39)24-33(23-31)41-37(27-10-5-3-6-11-27)28-12-7-4-8-13-28/h3-15,26,30-33,35,37H,16-25H2,1-2H3/t26-,30-,31-,32+,33+,35-/m1/s1. The summed E-state index contributed by atoms with van der Waals surface area (Å²) in [6, 6.07) is 30.2. The maximum atomic E-state index is 6.96. The van der Waals surface area contributed by atoms with E-state index in [1.807, 2.05) is 7.11 Å². The molecule has 4 heteroatoms. The van der Waals surface area contributed by atoms with E-state index in [0.29, 0.717) is 24.2 Å². The van der Waals surface area contributed by atoms with Crippen LogP contribution in [0.2, 0.25) is 0 Å². The molecule has 0 N–H and O–H groups in total. The molecule has 3 heterocycles. The molecule has 3 saturated heterocycles. The van der Waals surface area contributed by atoms with Crippen LogP contribution in [-0.2, 0) is 17.6 Å². The molecule has 4 aliphatic rings. The molecule has 3 fully saturated rings. The van der Waals surface area contributed by atoms with E-state index in [-0.39, 0.29) is 6.10 Å². The number of fused-ring (bicyclic) bond motifs is 4. The van der Waals surface area contributed by atoms with Crippen molar-refractivity contribution in [2.24, 2.45) is 11.8 Å². The van der Waals surface area contributed by atoms with Gasteiger partial charge in [-0.2, -0.15) is 0 Å². The number of rotatable bonds is 8. The van der Waals surface area contributed by atoms with Crippen molar-refractivity contribution < 1.29 is 9.47 Å². The van der Waals surface area contributed by atoms with Gasteiger partial charge < -0.3 is 14.4 Å². The SMILES string of the molecule is COc1cccc2c1C[C@H]1C[C@@H](CCN3[C@@H]4CC[C@H]3C[C@@H](OC(c3ccccc3)c3ccccc3)C4)CN(C)[C@@H]1C2. The highest BCUT2D eigenvalue weighted by atomic mass is 16.5. The van der Waals surface area contributed by atoms with Gasteiger partial charge in [0, 0.05) is 24.7 Å². The molecule has 216 valence electrons. The first-order valence-electron chi connectivity index (χ1n) is 16.0. The Balaban J connectivity index is 0.976. The number of ether oxygens (including phenoxy) is 2. The van der Waals surface area contributed by atoms with E-state index < -0.39 is 0 Å². The highest BCUT2D eigenvalue weighted by Gasteiger charge is 2.43. The largest absolute Gasteiger partial charge is 0.496 e. The Labute approximate surface area is 246 Å². The summed E-state index contributed by atoms with van der Waals surface area (Å²) in [7, 11) is 4.20. The van der Waals surface area contributed by atoms with E-state index in [9.17, 15) is 0 Å². The monoisotopic (exact) mass is 550 g/mol. The molecule has 6 atom stereocenters. The second-order valence-electron chi connectivity index (χ2n) is 13.2. The quantitative estimate of drug-likeness (QED) is 0.304. The minimum absolute atomic E-state index is 0.0123. The smallest absolute Gasteiger partial charge is 0.122 e. The third-order valence-corrected chi connectivity index (χ3v) is 10.8. The van der Waals surface area contributed by atoms with Crippen LogP contribution >= 0.6 is 0 Å². The van der Waals surface area contributed by atoms with Crippen molar-refractivity contribution in [2.75, 3.05) is 27.2 Å². The topological polar surface area (TPSA) is 24.9 Å². The lowest BCUT2D eigenvalue weighted by atomic mass is 9.72. The zero-order valence-electron chi connectivity index (χ0n) is 24.8. The third-order valence-electron chi connectivity index (χ3n) is 10.8. The van der Waals surface area contributed by atoms with Crippen molar-refractivity contribution in [1.29, 1.82) is 0 Å². The molecule has 0 amide bonds. The molecule has 1 aliphatic carbocycles. The average molecular weight is 551 g/mol. The van der Waals surface area contributed by atoms with Gasteiger partial charge in [-0.15, -0.1) is 0 Å². The predicted molar refractivity (Wildman–Crippen MR) is 165 cm³/mol. The minimum Gasteiger partial charge on any atom is -0.496 e. The summed E-state index contributed by atoms with van der Waals surface area (Å²) < 4.78 is 12.7. The molecule has 0 aromatic heterocycles. The molecule has 2 bridgehead atoms. The number of benzene rings is 3. The van der Waals surface area contributed by atoms with E-state index in [1.165, 1.54) is 86.7 Å². The van der Waals surface area contributed by atoms with Gasteiger partial charge in [-0.05, 0) is 105 Å². The second kappa shape index (κ2) is 11.9. The van der Waals surface area contributed by atoms with Crippen molar-refractivity contribution in [2.45, 2.75) is 81.7 Å². The summed E-state index contributed by atoms with van der Waals surface area (Å²) in [6.45, 7) is 2.49. The van der Waals surface area contributed by atoms with Crippen molar-refractivity contribution in [3.8, 4) is 5.75 Å². The van der Waals surface area contributed by atoms with E-state index in [2.05, 4.69) is 95.7 Å². The zero-order valence-corrected chi connectivity index (χ0v) is 24.8. The number of hydrogen-bond donors (Lipinski definition) is 0. The Morgan fingerprint density at radius 3 is 2.15 bits per heavy atom. The summed E-state index contributed by atoms with van der Waals surface area (Å²) in [5, 5.41) is 0. The molecule has 41 heavy (non-hydrogen) atoms. The van der Waals surface area contributed by atoms with Crippen LogP contribution < -0.4 is 4.74 Å². The van der Waals surface area contributed by atoms with E-state index in [0.717, 1.165) is 17.6 Å². The van der Waals surface area contributed by atoms with Gasteiger partial charge in [0.2, 0.25) is 0 Å². The molecular weight excluding hydrogens is 504 g/mol. The molecule has 0 unspecified atom stereocenters. The number of methoxy groups -OCH3 is 1. The Kier molecular flexibility index (Phi) is 7.90. The number of likely N-dealkylation sites (tertiary alicyclic amines) is 1. The Morgan fingerprint density at radius 2 is 1.49 bits per heavy atom. The third kappa shape index (κ3) is 5.59. The molecule has 0 spiro atoms. The van der Waals surface area contributed by atoms with Gasteiger partial charge in [0.1, 0.15) is 11.9 Å². The van der Waals surface area contributed by atoms with Crippen molar-refractivity contribution in [3.63, 3.8) is 0 Å². The van der Waals surface area contributed by atoms with Gasteiger partial charge in [0.15, 0.2) is 0 Å². The van der Waals surface area contributed by atoms with Crippen LogP contribution in [-0.4, -0.2) is 61.3 Å². The van der Waals surface area contributed by atoms with Gasteiger partial charge in [-0.25, -0.2) is 0 Å². The lowest BCUT2D eigenvalue weighted by molar-refractivity contribution is -0.0501. The molecule has 4 nitrogen and oxygen atoms in total. The van der Waals surface area contributed by atoms with Gasteiger partial charge in [-0.1, -0.05) is 72.8 Å². The van der Waals surface area contributed by atoms with Crippen LogP contribution in [0.4, 0.5) is 0 Å². The first-order valence-corrected chi connectivity index (χ1v) is 16.0. The molecule has 3 aromatic carbocycles. The summed E-state index contributed by atoms with van der Waals surface area (Å²) in [6.07, 6.45) is 10.4. The Bertz CT molecular complexity index is 1240. The summed E-state index contributed by atoms with van der Waals surface area (Å²) in [4.78, 5) is 5.56. The highest BCUT2D eigenvalue weighted by Crippen LogP contribution is 2.43. The van der Waals surface area contributed by atoms with Crippen LogP contribution in [0.1, 0.15) is 66.9 Å². The summed E-state index contributed by atoms with van der Waals surface area (Å²) in [5.74, 6) is 2.62. The second-order valence-corrected chi connectivity index (χ2v) is 13.2. The summed E-state index contributed by atoms with van der Waals surface area (Å²) >= 11 is 0. The van der Waals surface area contributed by atoms with Gasteiger partial charge in [-0.3, -0.25) is 4.90 Å². The molecule has 3 aromatic rings. The minimum atomic E-state index is 0.0123. The van der Waals surface area contributed by atoms with Crippen molar-refractivity contribution >= 4 is 0 Å². The van der Waals surface area contributed by atoms with Crippen LogP contribution in [0.5, 0.6) is 5.75 Å². The predicted octanol–water partition coefficient (Wildman–Crippen LogP) is 6.92. The molecule has 7 rings (SSSR count). The van der Waals surface area contributed by atoms with Crippen molar-refractivity contribution in [3.05, 3.63) is 101 Å². The van der Waals surface area contributed by atoms with Crippen LogP contribution in [0.15, 0.2) is 78.9 Å². The van der Waals surface area contributed by atoms with E-state index in [1.54, 1.807) is 0 Å². The fourth-order valence-electron chi connectivity index (χ4n) is 8.86. The number of hydrogen-bond acceptors (Lipinski definition) is 4. The first-order chi connectivity index (χ1) is 20.2. The average Bonchev–Trinajstić information content (AvgIpc) is 3.25. The van der Waals surface area contributed by atoms with Crippen LogP contribution in [0.25, 0.3) is 0 Å². The number of nitrogens with zero attached hydrogens (tertiary/aromatic N) is 2. The normalized spacial score (nSPS) is 29.7. The Morgan fingerprint density at radius 1 is 0.805 bits per heavy atom. The molecular formula is C37H46N2O2. The van der Waals surface area contributed by atoms with E-state index >= 15 is 0 Å². The fourth-order valence-corrected chi connectivity index (χ4v) is 8.86. The lowest BCUT2D eigenvalue weighted by Gasteiger charge is -2.47. The van der Waals surface area contributed by atoms with Gasteiger partial charge >= 0.3 is 0 Å². The molecule has 3 aliphatic heterocycles. The maximum absolute atomic E-state index is 6.96. The molecule has 0 saturated carbocycles. The maximum Gasteiger partial charge on any atom is 0.122 e.